The Labute approximate surface area is 832 Å². The fourth-order valence-electron chi connectivity index (χ4n) is 15.3. The zero-order chi connectivity index (χ0) is 88.6. The number of thiophene rings is 1. The van der Waals surface area contributed by atoms with E-state index in [1.54, 1.807) is 11.3 Å². The summed E-state index contributed by atoms with van der Waals surface area (Å²) in [5, 5.41) is 39.7. The number of aliphatic hydroxyl groups is 3. The van der Waals surface area contributed by atoms with Gasteiger partial charge in [0.1, 0.15) is 0 Å². The second-order valence-electron chi connectivity index (χ2n) is 29.5. The van der Waals surface area contributed by atoms with Crippen molar-refractivity contribution in [3.63, 3.8) is 0 Å². The van der Waals surface area contributed by atoms with Crippen LogP contribution in [-0.4, -0.2) is 58.6 Å². The van der Waals surface area contributed by atoms with E-state index in [0.29, 0.717) is 0 Å². The number of allylic oxidation sites excluding steroid dienone is 7. The quantitative estimate of drug-likeness (QED) is 0.0495. The molecule has 17 rings (SSSR count). The number of aliphatic hydroxyl groups excluding tert-OH is 3. The molecule has 10 heterocycles. The Morgan fingerprint density at radius 1 is 0.419 bits per heavy atom. The summed E-state index contributed by atoms with van der Waals surface area (Å²) < 4.78 is 1.26. The van der Waals surface area contributed by atoms with Crippen molar-refractivity contribution in [2.75, 3.05) is 0 Å². The minimum Gasteiger partial charge on any atom is -0.678 e. The number of hydrogen-bond donors (Lipinski definition) is 3. The van der Waals surface area contributed by atoms with Crippen LogP contribution in [0.2, 0.25) is 0 Å². The zero-order valence-corrected chi connectivity index (χ0v) is 87.7. The molecule has 8 bridgehead atoms. The average Bonchev–Trinajstić information content (AvgIpc) is 1.62. The number of fused-ring (bicyclic) bond motifs is 12. The molecule has 0 saturated carbocycles. The Balaban J connectivity index is 0.000000281. The van der Waals surface area contributed by atoms with Crippen LogP contribution in [0.3, 0.4) is 0 Å². The van der Waals surface area contributed by atoms with Crippen LogP contribution < -0.4 is 25.7 Å². The molecular weight excluding hydrogens is 2510 g/mol. The Bertz CT molecular complexity index is 6190. The van der Waals surface area contributed by atoms with Gasteiger partial charge in [-0.05, 0) is 171 Å². The van der Waals surface area contributed by atoms with Crippen molar-refractivity contribution < 1.29 is 131 Å². The van der Waals surface area contributed by atoms with Crippen LogP contribution >= 0.6 is 11.3 Å². The van der Waals surface area contributed by atoms with E-state index in [1.807, 2.05) is 176 Å². The summed E-state index contributed by atoms with van der Waals surface area (Å²) in [6, 6.07) is 84.0. The zero-order valence-electron chi connectivity index (χ0n) is 75.0. The van der Waals surface area contributed by atoms with Gasteiger partial charge in [-0.2, -0.15) is 5.69 Å². The van der Waals surface area contributed by atoms with Gasteiger partial charge in [0.05, 0.1) is 22.8 Å². The molecule has 0 amide bonds. The second kappa shape index (κ2) is 55.6. The summed E-state index contributed by atoms with van der Waals surface area (Å²) in [4.78, 5) is 64.9. The maximum Gasteiger partial charge on any atom is 4.00 e. The minimum absolute atomic E-state index is 0. The van der Waals surface area contributed by atoms with Gasteiger partial charge in [-0.1, -0.05) is 234 Å². The SMILES string of the molecule is CC(=O)C=C(C)O.CC(=O)C=C(C)O.CC(=O)C=C(C)O.CCC1=C(CC)C2Cc3[n-]c(c(CC)c3CC)C=c3[n-]c(c(CC)c3CC)=Cc3[n-]c(c(CC)c3CC)C=C1[N-]2.[Ir].[Ir].[Ir].[Ir].[Pt+4].[c-]1c(-c2ccccn2)sc2ccccc12.[c-]1ccccc1-c1ccc2ccccc2n1.[c-]1ccccc1-c1nccc2ccccc12.[c-]1ccccc1-c1nccc2ccccc12. The fraction of sp³-hybridized carbons (Fsp3) is 0.220. The van der Waals surface area contributed by atoms with Gasteiger partial charge in [-0.3, -0.25) is 19.4 Å². The van der Waals surface area contributed by atoms with Crippen molar-refractivity contribution in [1.82, 2.24) is 34.9 Å². The summed E-state index contributed by atoms with van der Waals surface area (Å²) in [7, 11) is 0. The molecule has 3 N–H and O–H groups in total. The number of pyridine rings is 4. The van der Waals surface area contributed by atoms with Crippen LogP contribution in [0.5, 0.6) is 0 Å². The molecule has 0 aliphatic carbocycles. The molecule has 1 atom stereocenters. The molecule has 7 aromatic carbocycles. The van der Waals surface area contributed by atoms with Crippen molar-refractivity contribution in [2.24, 2.45) is 0 Å². The standard InChI is InChI=1S/C36H46N4.3C15H10N.C13H8NS.3C5H8O2.4Ir.Pt/c1-9-21-22(10-2)30-18-32-25(13-5)26(14-6)34(39-32)20-36-28(16-8)27(15-7)35(40-36)19-33-24(12-4)23(11-3)31(38-33)17-29(21)37-30;2*1-2-7-13(8-3-1)15-14-9-5-4-6-12(14)10-11-16-15;1-2-6-12(7-3-1)15-11-10-13-8-4-5-9-14(13)16-15;1-2-7-12-10(5-1)9-13(15-12)11-6-3-4-8-14-11;3*1-4(6)3-5(2)7;;;;;/h17-19,34H,9-16,20H2,1-8H3;2*1-7,9-11H;1-6,8-11H;1-8H;3*3,6H,1-2H3;;;;;/q-4;4*-1;;;;;;;;+4. The number of para-hydroxylation sites is 1. The monoisotopic (exact) mass is 2620 g/mol. The van der Waals surface area contributed by atoms with Crippen LogP contribution in [0.15, 0.2) is 283 Å². The molecule has 14 nitrogen and oxygen atoms in total. The van der Waals surface area contributed by atoms with E-state index in [4.69, 9.17) is 35.6 Å². The Hall–Kier alpha value is -10.3. The van der Waals surface area contributed by atoms with Crippen LogP contribution in [0.25, 0.3) is 110 Å². The van der Waals surface area contributed by atoms with Crippen LogP contribution in [-0.2, 0) is 161 Å². The Morgan fingerprint density at radius 3 is 1.30 bits per heavy atom. The summed E-state index contributed by atoms with van der Waals surface area (Å²) in [6.07, 6.45) is 24.5. The number of rotatable bonds is 15. The van der Waals surface area contributed by atoms with Gasteiger partial charge in [0.15, 0.2) is 17.3 Å². The van der Waals surface area contributed by atoms with Crippen molar-refractivity contribution in [3.8, 4) is 44.3 Å². The van der Waals surface area contributed by atoms with E-state index in [2.05, 4.69) is 172 Å². The van der Waals surface area contributed by atoms with E-state index < -0.39 is 0 Å². The van der Waals surface area contributed by atoms with Gasteiger partial charge < -0.3 is 50.5 Å². The molecule has 129 heavy (non-hydrogen) atoms. The molecule has 2 aliphatic heterocycles. The third-order valence-corrected chi connectivity index (χ3v) is 21.6. The number of carbonyl (C=O) groups is 3. The van der Waals surface area contributed by atoms with Gasteiger partial charge in [-0.15, -0.1) is 165 Å². The first-order valence-electron chi connectivity index (χ1n) is 42.4. The Morgan fingerprint density at radius 2 is 0.860 bits per heavy atom. The largest absolute Gasteiger partial charge is 4.00 e. The molecule has 0 spiro atoms. The predicted octanol–water partition coefficient (Wildman–Crippen LogP) is 24.3. The van der Waals surface area contributed by atoms with Crippen molar-refractivity contribution in [1.29, 1.82) is 0 Å². The number of benzene rings is 7. The smallest absolute Gasteiger partial charge is 0.678 e. The number of hydrogen-bond acceptors (Lipinski definition) is 11. The first-order valence-corrected chi connectivity index (χ1v) is 43.2. The third kappa shape index (κ3) is 30.6. The normalized spacial score (nSPS) is 12.2. The van der Waals surface area contributed by atoms with Crippen LogP contribution in [0.1, 0.15) is 166 Å². The molecular formula is C109H108Ir4N8O6PtS-4. The van der Waals surface area contributed by atoms with Gasteiger partial charge in [0, 0.05) is 123 Å². The summed E-state index contributed by atoms with van der Waals surface area (Å²) in [6.45, 7) is 26.6. The molecule has 2 aliphatic rings. The van der Waals surface area contributed by atoms with Gasteiger partial charge in [-0.25, -0.2) is 11.3 Å². The third-order valence-electron chi connectivity index (χ3n) is 20.5. The van der Waals surface area contributed by atoms with Crippen molar-refractivity contribution >= 4 is 89.4 Å². The fourth-order valence-corrected chi connectivity index (χ4v) is 16.2. The molecule has 20 heteroatoms. The topological polar surface area (TPSA) is 220 Å². The maximum absolute atomic E-state index is 10.0. The van der Waals surface area contributed by atoms with Crippen LogP contribution in [0.4, 0.5) is 0 Å². The van der Waals surface area contributed by atoms with E-state index in [0.717, 1.165) is 141 Å². The first kappa shape index (κ1) is 109. The molecule has 1 unspecified atom stereocenters. The average molecular weight is 2620 g/mol. The number of aromatic nitrogens is 7. The van der Waals surface area contributed by atoms with Gasteiger partial charge >= 0.3 is 21.1 Å². The van der Waals surface area contributed by atoms with E-state index in [1.165, 1.54) is 147 Å². The van der Waals surface area contributed by atoms with E-state index >= 15 is 0 Å². The first-order chi connectivity index (χ1) is 60.1. The summed E-state index contributed by atoms with van der Waals surface area (Å²) in [5.74, 6) is -0.187. The molecule has 676 valence electrons. The van der Waals surface area contributed by atoms with Gasteiger partial charge in [0.25, 0.3) is 0 Å². The summed E-state index contributed by atoms with van der Waals surface area (Å²) >= 11 is 1.73. The number of nitrogens with zero attached hydrogens (tertiary/aromatic N) is 8. The van der Waals surface area contributed by atoms with Crippen molar-refractivity contribution in [3.05, 3.63) is 380 Å². The number of ketones is 3. The second-order valence-corrected chi connectivity index (χ2v) is 30.6. The predicted molar refractivity (Wildman–Crippen MR) is 512 cm³/mol. The van der Waals surface area contributed by atoms with Gasteiger partial charge in [0.2, 0.25) is 0 Å². The van der Waals surface area contributed by atoms with Crippen LogP contribution in [0, 0.1) is 24.3 Å². The van der Waals surface area contributed by atoms with E-state index in [-0.39, 0.29) is 142 Å². The van der Waals surface area contributed by atoms with E-state index in [9.17, 15) is 14.4 Å². The number of carbonyl (C=O) groups excluding carboxylic acids is 3. The maximum atomic E-state index is 10.0. The summed E-state index contributed by atoms with van der Waals surface area (Å²) in [5.41, 5.74) is 24.8. The Kier molecular flexibility index (Phi) is 47.1. The van der Waals surface area contributed by atoms with Crippen molar-refractivity contribution in [2.45, 2.75) is 161 Å². The molecule has 8 aromatic heterocycles. The molecule has 15 aromatic rings. The molecule has 0 saturated heterocycles. The molecule has 0 fully saturated rings. The minimum atomic E-state index is -0.125. The molecule has 4 radical (unpaired) electrons.